The molecular formula is C21H19F6N5O4. The standard InChI is InChI=1S/C21H19F6N5O4/c22-20(23,24)12-2-5-14-11(9-12)1-4-15(30-14)17(33)29-13-3-6-16(28-10-13)18-31-32-19(36-18)34-7-8-35-21(25,26)27/h1-2,4-5,9,13,16,28H,3,6-8,10H2,(H,29,33)/t13-,16+/m0/s1. The lowest BCUT2D eigenvalue weighted by Crippen LogP contribution is -2.47. The molecule has 9 nitrogen and oxygen atoms in total. The van der Waals surface area contributed by atoms with Crippen molar-refractivity contribution in [2.75, 3.05) is 19.8 Å². The zero-order valence-electron chi connectivity index (χ0n) is 18.3. The molecule has 0 unspecified atom stereocenters. The van der Waals surface area contributed by atoms with Crippen molar-refractivity contribution in [3.63, 3.8) is 0 Å². The van der Waals surface area contributed by atoms with E-state index in [1.165, 1.54) is 18.2 Å². The molecule has 0 aliphatic carbocycles. The summed E-state index contributed by atoms with van der Waals surface area (Å²) >= 11 is 0. The molecule has 2 atom stereocenters. The van der Waals surface area contributed by atoms with Crippen LogP contribution < -0.4 is 15.4 Å². The second-order valence-electron chi connectivity index (χ2n) is 7.86. The van der Waals surface area contributed by atoms with E-state index in [9.17, 15) is 31.1 Å². The normalized spacial score (nSPS) is 18.8. The fourth-order valence-electron chi connectivity index (χ4n) is 3.58. The minimum atomic E-state index is -4.76. The molecule has 194 valence electrons. The highest BCUT2D eigenvalue weighted by molar-refractivity contribution is 5.95. The lowest BCUT2D eigenvalue weighted by Gasteiger charge is -2.28. The van der Waals surface area contributed by atoms with E-state index in [0.717, 1.165) is 12.1 Å². The maximum absolute atomic E-state index is 12.9. The van der Waals surface area contributed by atoms with Crippen molar-refractivity contribution in [3.05, 3.63) is 47.5 Å². The van der Waals surface area contributed by atoms with Crippen LogP contribution in [-0.4, -0.2) is 53.3 Å². The molecule has 1 saturated heterocycles. The number of hydrogen-bond acceptors (Lipinski definition) is 8. The number of fused-ring (bicyclic) bond motifs is 1. The molecule has 36 heavy (non-hydrogen) atoms. The van der Waals surface area contributed by atoms with E-state index in [4.69, 9.17) is 9.15 Å². The fourth-order valence-corrected chi connectivity index (χ4v) is 3.58. The van der Waals surface area contributed by atoms with Crippen molar-refractivity contribution in [3.8, 4) is 6.08 Å². The summed E-state index contributed by atoms with van der Waals surface area (Å²) in [5.41, 5.74) is -0.471. The van der Waals surface area contributed by atoms with E-state index in [2.05, 4.69) is 30.6 Å². The Morgan fingerprint density at radius 1 is 1.08 bits per heavy atom. The van der Waals surface area contributed by atoms with Crippen LogP contribution in [0, 0.1) is 0 Å². The number of aromatic nitrogens is 3. The zero-order valence-corrected chi connectivity index (χ0v) is 18.3. The molecule has 0 radical (unpaired) electrons. The summed E-state index contributed by atoms with van der Waals surface area (Å²) in [6, 6.07) is 5.25. The Balaban J connectivity index is 1.27. The number of amides is 1. The first-order valence-electron chi connectivity index (χ1n) is 10.7. The molecule has 1 amide bonds. The number of piperidine rings is 1. The molecular weight excluding hydrogens is 500 g/mol. The smallest absolute Gasteiger partial charge is 0.447 e. The Labute approximate surface area is 199 Å². The number of benzene rings is 1. The Kier molecular flexibility index (Phi) is 7.31. The number of carbonyl (C=O) groups is 1. The number of pyridine rings is 1. The van der Waals surface area contributed by atoms with Gasteiger partial charge in [-0.05, 0) is 37.1 Å². The van der Waals surface area contributed by atoms with Crippen molar-refractivity contribution >= 4 is 16.8 Å². The highest BCUT2D eigenvalue weighted by Crippen LogP contribution is 2.31. The van der Waals surface area contributed by atoms with Crippen molar-refractivity contribution in [2.24, 2.45) is 0 Å². The average molecular weight is 519 g/mol. The van der Waals surface area contributed by atoms with Crippen LogP contribution in [0.15, 0.2) is 34.7 Å². The van der Waals surface area contributed by atoms with Crippen LogP contribution in [0.4, 0.5) is 26.3 Å². The van der Waals surface area contributed by atoms with Gasteiger partial charge in [-0.1, -0.05) is 11.2 Å². The first-order valence-corrected chi connectivity index (χ1v) is 10.7. The predicted octanol–water partition coefficient (Wildman–Crippen LogP) is 3.77. The van der Waals surface area contributed by atoms with E-state index in [1.54, 1.807) is 0 Å². The minimum absolute atomic E-state index is 0.0672. The quantitative estimate of drug-likeness (QED) is 0.359. The van der Waals surface area contributed by atoms with Gasteiger partial charge in [-0.3, -0.25) is 9.53 Å². The molecule has 1 aliphatic rings. The maximum Gasteiger partial charge on any atom is 0.522 e. The maximum atomic E-state index is 12.9. The summed E-state index contributed by atoms with van der Waals surface area (Å²) in [4.78, 5) is 16.8. The molecule has 2 aromatic heterocycles. The van der Waals surface area contributed by atoms with Gasteiger partial charge in [-0.25, -0.2) is 4.98 Å². The lowest BCUT2D eigenvalue weighted by molar-refractivity contribution is -0.325. The number of halogens is 6. The van der Waals surface area contributed by atoms with E-state index < -0.39 is 37.2 Å². The van der Waals surface area contributed by atoms with Crippen molar-refractivity contribution in [2.45, 2.75) is 37.5 Å². The molecule has 0 spiro atoms. The second-order valence-corrected chi connectivity index (χ2v) is 7.86. The van der Waals surface area contributed by atoms with Crippen molar-refractivity contribution < 1.29 is 45.0 Å². The lowest BCUT2D eigenvalue weighted by atomic mass is 10.0. The van der Waals surface area contributed by atoms with Gasteiger partial charge in [0.05, 0.1) is 23.7 Å². The zero-order chi connectivity index (χ0) is 25.9. The van der Waals surface area contributed by atoms with Gasteiger partial charge in [0.15, 0.2) is 0 Å². The predicted molar refractivity (Wildman–Crippen MR) is 110 cm³/mol. The molecule has 1 aromatic carbocycles. The van der Waals surface area contributed by atoms with Crippen LogP contribution in [0.1, 0.15) is 40.8 Å². The van der Waals surface area contributed by atoms with Gasteiger partial charge in [0.1, 0.15) is 12.3 Å². The van der Waals surface area contributed by atoms with Crippen LogP contribution in [0.2, 0.25) is 0 Å². The van der Waals surface area contributed by atoms with Gasteiger partial charge in [-0.15, -0.1) is 18.3 Å². The summed E-state index contributed by atoms with van der Waals surface area (Å²) in [6.07, 6.45) is -8.50. The van der Waals surface area contributed by atoms with Gasteiger partial charge >= 0.3 is 18.6 Å². The Morgan fingerprint density at radius 2 is 1.89 bits per heavy atom. The Hall–Kier alpha value is -3.46. The SMILES string of the molecule is O=C(N[C@H]1CC[C@H](c2nnc(OCCOC(F)(F)F)o2)NC1)c1ccc2cc(C(F)(F)F)ccc2n1. The van der Waals surface area contributed by atoms with Crippen molar-refractivity contribution in [1.82, 2.24) is 25.8 Å². The number of nitrogens with zero attached hydrogens (tertiary/aromatic N) is 3. The molecule has 3 heterocycles. The summed E-state index contributed by atoms with van der Waals surface area (Å²) in [7, 11) is 0. The van der Waals surface area contributed by atoms with E-state index in [0.29, 0.717) is 19.4 Å². The Morgan fingerprint density at radius 3 is 2.58 bits per heavy atom. The summed E-state index contributed by atoms with van der Waals surface area (Å²) < 4.78 is 88.3. The summed E-state index contributed by atoms with van der Waals surface area (Å²) in [5.74, 6) is -0.294. The molecule has 3 aromatic rings. The average Bonchev–Trinajstić information content (AvgIpc) is 3.29. The number of ether oxygens (including phenoxy) is 2. The molecule has 1 fully saturated rings. The van der Waals surface area contributed by atoms with Crippen LogP contribution in [0.3, 0.4) is 0 Å². The third kappa shape index (κ3) is 6.60. The molecule has 1 aliphatic heterocycles. The number of nitrogens with one attached hydrogen (secondary N) is 2. The van der Waals surface area contributed by atoms with Gasteiger partial charge in [0.2, 0.25) is 5.89 Å². The number of hydrogen-bond donors (Lipinski definition) is 2. The van der Waals surface area contributed by atoms with Gasteiger partial charge in [0, 0.05) is 18.0 Å². The fraction of sp³-hybridized carbons (Fsp3) is 0.429. The van der Waals surface area contributed by atoms with Crippen LogP contribution in [0.5, 0.6) is 6.08 Å². The van der Waals surface area contributed by atoms with E-state index >= 15 is 0 Å². The van der Waals surface area contributed by atoms with Gasteiger partial charge in [0.25, 0.3) is 5.91 Å². The Bertz CT molecular complexity index is 1210. The summed E-state index contributed by atoms with van der Waals surface area (Å²) in [6.45, 7) is -0.818. The van der Waals surface area contributed by atoms with Crippen LogP contribution >= 0.6 is 0 Å². The largest absolute Gasteiger partial charge is 0.522 e. The molecule has 2 N–H and O–H groups in total. The number of alkyl halides is 6. The highest BCUT2D eigenvalue weighted by Gasteiger charge is 2.31. The first kappa shape index (κ1) is 25.6. The monoisotopic (exact) mass is 519 g/mol. The highest BCUT2D eigenvalue weighted by atomic mass is 19.4. The first-order chi connectivity index (χ1) is 17.0. The molecule has 0 bridgehead atoms. The summed E-state index contributed by atoms with van der Waals surface area (Å²) in [5, 5.41) is 13.6. The minimum Gasteiger partial charge on any atom is -0.447 e. The number of rotatable bonds is 7. The van der Waals surface area contributed by atoms with Gasteiger partial charge < -0.3 is 19.8 Å². The van der Waals surface area contributed by atoms with E-state index in [-0.39, 0.29) is 40.6 Å². The van der Waals surface area contributed by atoms with Crippen molar-refractivity contribution in [1.29, 1.82) is 0 Å². The third-order valence-electron chi connectivity index (χ3n) is 5.29. The van der Waals surface area contributed by atoms with E-state index in [1.807, 2.05) is 0 Å². The van der Waals surface area contributed by atoms with Crippen LogP contribution in [-0.2, 0) is 10.9 Å². The number of carbonyl (C=O) groups excluding carboxylic acids is 1. The van der Waals surface area contributed by atoms with Gasteiger partial charge in [-0.2, -0.15) is 13.2 Å². The molecule has 15 heteroatoms. The third-order valence-corrected chi connectivity index (χ3v) is 5.29. The molecule has 4 rings (SSSR count). The van der Waals surface area contributed by atoms with Crippen LogP contribution in [0.25, 0.3) is 10.9 Å². The molecule has 0 saturated carbocycles. The topological polar surface area (TPSA) is 111 Å². The second kappa shape index (κ2) is 10.3.